The van der Waals surface area contributed by atoms with E-state index in [1.165, 1.54) is 12.8 Å². The maximum absolute atomic E-state index is 5.75. The van der Waals surface area contributed by atoms with E-state index in [1.807, 2.05) is 0 Å². The van der Waals surface area contributed by atoms with Crippen LogP contribution in [0.4, 0.5) is 0 Å². The summed E-state index contributed by atoms with van der Waals surface area (Å²) >= 11 is 0. The van der Waals surface area contributed by atoms with Crippen LogP contribution in [0.3, 0.4) is 0 Å². The molecule has 0 rings (SSSR count). The summed E-state index contributed by atoms with van der Waals surface area (Å²) in [4.78, 5) is 4.05. The fourth-order valence-corrected chi connectivity index (χ4v) is 0.819. The fourth-order valence-electron chi connectivity index (χ4n) is 0.819. The monoisotopic (exact) mass is 157 g/mol. The molecule has 0 saturated carbocycles. The van der Waals surface area contributed by atoms with Crippen LogP contribution in [0.5, 0.6) is 0 Å². The summed E-state index contributed by atoms with van der Waals surface area (Å²) in [5.41, 5.74) is 11.1. The Bertz CT molecular complexity index is 117. The minimum Gasteiger partial charge on any atom is -0.388 e. The smallest absolute Gasteiger partial charge is 0.0906 e. The first kappa shape index (κ1) is 10.4. The van der Waals surface area contributed by atoms with Gasteiger partial charge in [0.1, 0.15) is 0 Å². The van der Waals surface area contributed by atoms with Crippen molar-refractivity contribution in [1.29, 1.82) is 0 Å². The molecule has 0 unspecified atom stereocenters. The first-order valence-corrected chi connectivity index (χ1v) is 4.19. The van der Waals surface area contributed by atoms with Crippen LogP contribution in [-0.4, -0.2) is 18.4 Å². The van der Waals surface area contributed by atoms with Gasteiger partial charge in [0, 0.05) is 6.04 Å². The molecule has 1 atom stereocenters. The topological polar surface area (TPSA) is 64.4 Å². The summed E-state index contributed by atoms with van der Waals surface area (Å²) in [5.74, 6) is 0.622. The molecular weight excluding hydrogens is 138 g/mol. The van der Waals surface area contributed by atoms with Crippen LogP contribution >= 0.6 is 0 Å². The van der Waals surface area contributed by atoms with Gasteiger partial charge in [0.15, 0.2) is 0 Å². The first-order chi connectivity index (χ1) is 5.16. The quantitative estimate of drug-likeness (QED) is 0.459. The zero-order valence-electron chi connectivity index (χ0n) is 7.51. The van der Waals surface area contributed by atoms with Gasteiger partial charge in [-0.1, -0.05) is 19.8 Å². The van der Waals surface area contributed by atoms with E-state index in [1.54, 1.807) is 6.92 Å². The molecular formula is C8H19N3. The van der Waals surface area contributed by atoms with E-state index in [-0.39, 0.29) is 6.04 Å². The highest BCUT2D eigenvalue weighted by Crippen LogP contribution is 1.97. The molecule has 4 N–H and O–H groups in total. The molecule has 0 aromatic heterocycles. The average molecular weight is 157 g/mol. The molecule has 0 amide bonds. The van der Waals surface area contributed by atoms with Crippen molar-refractivity contribution in [3.8, 4) is 0 Å². The largest absolute Gasteiger partial charge is 0.388 e. The molecule has 0 radical (unpaired) electrons. The molecule has 0 aliphatic carbocycles. The van der Waals surface area contributed by atoms with Crippen molar-refractivity contribution in [3.63, 3.8) is 0 Å². The van der Waals surface area contributed by atoms with E-state index < -0.39 is 0 Å². The summed E-state index contributed by atoms with van der Waals surface area (Å²) in [6.45, 7) is 4.61. The van der Waals surface area contributed by atoms with Crippen LogP contribution in [0.25, 0.3) is 0 Å². The van der Waals surface area contributed by atoms with Gasteiger partial charge in [-0.2, -0.15) is 0 Å². The predicted molar refractivity (Wildman–Crippen MR) is 49.7 cm³/mol. The fraction of sp³-hybridized carbons (Fsp3) is 0.875. The van der Waals surface area contributed by atoms with E-state index in [4.69, 9.17) is 11.5 Å². The third-order valence-electron chi connectivity index (χ3n) is 1.50. The van der Waals surface area contributed by atoms with Gasteiger partial charge in [-0.15, -0.1) is 0 Å². The Balaban J connectivity index is 3.36. The summed E-state index contributed by atoms with van der Waals surface area (Å²) < 4.78 is 0. The molecule has 0 heterocycles. The number of nitrogens with two attached hydrogens (primary N) is 2. The van der Waals surface area contributed by atoms with Gasteiger partial charge < -0.3 is 11.5 Å². The number of unbranched alkanes of at least 4 members (excludes halogenated alkanes) is 1. The highest BCUT2D eigenvalue weighted by atomic mass is 14.9. The number of hydrogen-bond donors (Lipinski definition) is 2. The van der Waals surface area contributed by atoms with E-state index >= 15 is 0 Å². The molecule has 0 aromatic carbocycles. The van der Waals surface area contributed by atoms with Gasteiger partial charge in [-0.25, -0.2) is 0 Å². The highest BCUT2D eigenvalue weighted by molar-refractivity contribution is 5.77. The summed E-state index contributed by atoms with van der Waals surface area (Å²) in [6, 6.07) is 0.188. The number of aliphatic imine (C=N–C) groups is 1. The van der Waals surface area contributed by atoms with E-state index in [2.05, 4.69) is 11.9 Å². The lowest BCUT2D eigenvalue weighted by Crippen LogP contribution is -2.24. The lowest BCUT2D eigenvalue weighted by Gasteiger charge is -2.06. The molecule has 0 aromatic rings. The zero-order valence-corrected chi connectivity index (χ0v) is 7.51. The Hall–Kier alpha value is -0.570. The summed E-state index contributed by atoms with van der Waals surface area (Å²) in [6.07, 6.45) is 3.42. The highest BCUT2D eigenvalue weighted by Gasteiger charge is 1.98. The van der Waals surface area contributed by atoms with Gasteiger partial charge in [0.05, 0.1) is 12.4 Å². The van der Waals surface area contributed by atoms with Gasteiger partial charge >= 0.3 is 0 Å². The molecule has 0 saturated heterocycles. The Kier molecular flexibility index (Phi) is 5.84. The number of nitrogens with zero attached hydrogens (tertiary/aromatic N) is 1. The van der Waals surface area contributed by atoms with Crippen LogP contribution in [-0.2, 0) is 0 Å². The Labute approximate surface area is 68.9 Å². The van der Waals surface area contributed by atoms with Crippen LogP contribution in [0.2, 0.25) is 0 Å². The number of rotatable bonds is 5. The van der Waals surface area contributed by atoms with E-state index in [9.17, 15) is 0 Å². The Morgan fingerprint density at radius 3 is 2.64 bits per heavy atom. The molecule has 0 spiro atoms. The second-order valence-electron chi connectivity index (χ2n) is 2.88. The van der Waals surface area contributed by atoms with Crippen molar-refractivity contribution in [2.45, 2.75) is 39.2 Å². The predicted octanol–water partition coefficient (Wildman–Crippen LogP) is 0.881. The van der Waals surface area contributed by atoms with Gasteiger partial charge in [0.2, 0.25) is 0 Å². The van der Waals surface area contributed by atoms with Crippen molar-refractivity contribution in [2.75, 3.05) is 6.54 Å². The maximum Gasteiger partial charge on any atom is 0.0906 e. The van der Waals surface area contributed by atoms with Crippen LogP contribution < -0.4 is 11.5 Å². The second kappa shape index (κ2) is 6.16. The average Bonchev–Trinajstić information content (AvgIpc) is 1.97. The molecule has 0 aliphatic heterocycles. The molecule has 66 valence electrons. The molecule has 0 bridgehead atoms. The van der Waals surface area contributed by atoms with Gasteiger partial charge in [-0.3, -0.25) is 4.99 Å². The zero-order chi connectivity index (χ0) is 8.69. The molecule has 0 fully saturated rings. The van der Waals surface area contributed by atoms with E-state index in [0.29, 0.717) is 12.4 Å². The lowest BCUT2D eigenvalue weighted by molar-refractivity contribution is 0.585. The van der Waals surface area contributed by atoms with Crippen molar-refractivity contribution >= 4 is 5.84 Å². The standard InChI is InChI=1S/C8H19N3/c1-3-4-5-8(10)6-11-7(2)9/h8H,3-6,10H2,1-2H3,(H2,9,11)/t8-/m1/s1. The Morgan fingerprint density at radius 1 is 1.55 bits per heavy atom. The third-order valence-corrected chi connectivity index (χ3v) is 1.50. The number of amidine groups is 1. The van der Waals surface area contributed by atoms with Crippen LogP contribution in [0, 0.1) is 0 Å². The van der Waals surface area contributed by atoms with Crippen molar-refractivity contribution in [1.82, 2.24) is 0 Å². The lowest BCUT2D eigenvalue weighted by atomic mass is 10.1. The van der Waals surface area contributed by atoms with E-state index in [0.717, 1.165) is 6.42 Å². The Morgan fingerprint density at radius 2 is 2.18 bits per heavy atom. The summed E-state index contributed by atoms with van der Waals surface area (Å²) in [5, 5.41) is 0. The van der Waals surface area contributed by atoms with Crippen molar-refractivity contribution < 1.29 is 0 Å². The molecule has 0 aliphatic rings. The first-order valence-electron chi connectivity index (χ1n) is 4.19. The number of hydrogen-bond acceptors (Lipinski definition) is 2. The van der Waals surface area contributed by atoms with Crippen molar-refractivity contribution in [3.05, 3.63) is 0 Å². The minimum absolute atomic E-state index is 0.188. The molecule has 11 heavy (non-hydrogen) atoms. The van der Waals surface area contributed by atoms with Gasteiger partial charge in [0.25, 0.3) is 0 Å². The SMILES string of the molecule is CCCC[C@@H](N)CN=C(C)N. The van der Waals surface area contributed by atoms with Crippen LogP contribution in [0.15, 0.2) is 4.99 Å². The third kappa shape index (κ3) is 7.33. The van der Waals surface area contributed by atoms with Gasteiger partial charge in [-0.05, 0) is 13.3 Å². The van der Waals surface area contributed by atoms with Crippen LogP contribution in [0.1, 0.15) is 33.1 Å². The second-order valence-corrected chi connectivity index (χ2v) is 2.88. The normalized spacial score (nSPS) is 15.0. The summed E-state index contributed by atoms with van der Waals surface area (Å²) in [7, 11) is 0. The molecule has 3 nitrogen and oxygen atoms in total. The molecule has 3 heteroatoms. The maximum atomic E-state index is 5.75. The minimum atomic E-state index is 0.188. The van der Waals surface area contributed by atoms with Crippen molar-refractivity contribution in [2.24, 2.45) is 16.5 Å².